The highest BCUT2D eigenvalue weighted by atomic mass is 19.1. The third-order valence-electron chi connectivity index (χ3n) is 3.87. The standard InChI is InChI=1S/C20H22F2N2O3/c1-4-27-16-11-6-5-10-15(16)23-20(26)18(12(2)3)24-19(25)17-13(21)8-7-9-14(17)22/h5-12,18H,4H2,1-3H3,(H,23,26)(H,24,25)/t18-/m0/s1. The van der Waals surface area contributed by atoms with Crippen LogP contribution in [-0.2, 0) is 4.79 Å². The normalized spacial score (nSPS) is 11.8. The van der Waals surface area contributed by atoms with Crippen LogP contribution >= 0.6 is 0 Å². The minimum atomic E-state index is -0.994. The van der Waals surface area contributed by atoms with Crippen LogP contribution in [0.3, 0.4) is 0 Å². The number of benzene rings is 2. The quantitative estimate of drug-likeness (QED) is 0.773. The van der Waals surface area contributed by atoms with Gasteiger partial charge in [0.2, 0.25) is 5.91 Å². The fourth-order valence-electron chi connectivity index (χ4n) is 2.52. The lowest BCUT2D eigenvalue weighted by Crippen LogP contribution is -2.47. The van der Waals surface area contributed by atoms with Crippen molar-refractivity contribution >= 4 is 17.5 Å². The summed E-state index contributed by atoms with van der Waals surface area (Å²) in [6.45, 7) is 5.68. The summed E-state index contributed by atoms with van der Waals surface area (Å²) in [6, 6.07) is 9.01. The van der Waals surface area contributed by atoms with Crippen LogP contribution in [-0.4, -0.2) is 24.5 Å². The summed E-state index contributed by atoms with van der Waals surface area (Å²) in [5.74, 6) is -3.31. The molecule has 144 valence electrons. The maximum atomic E-state index is 13.8. The van der Waals surface area contributed by atoms with Gasteiger partial charge in [-0.25, -0.2) is 8.78 Å². The third kappa shape index (κ3) is 5.03. The van der Waals surface area contributed by atoms with Gasteiger partial charge < -0.3 is 15.4 Å². The summed E-state index contributed by atoms with van der Waals surface area (Å²) in [5, 5.41) is 5.11. The number of carbonyl (C=O) groups excluding carboxylic acids is 2. The van der Waals surface area contributed by atoms with E-state index in [1.807, 2.05) is 6.92 Å². The molecule has 7 heteroatoms. The van der Waals surface area contributed by atoms with Crippen molar-refractivity contribution in [3.63, 3.8) is 0 Å². The Bertz CT molecular complexity index is 804. The fraction of sp³-hybridized carbons (Fsp3) is 0.300. The van der Waals surface area contributed by atoms with Gasteiger partial charge >= 0.3 is 0 Å². The van der Waals surface area contributed by atoms with Crippen molar-refractivity contribution in [2.45, 2.75) is 26.8 Å². The lowest BCUT2D eigenvalue weighted by atomic mass is 10.0. The maximum absolute atomic E-state index is 13.8. The zero-order valence-corrected chi connectivity index (χ0v) is 15.4. The van der Waals surface area contributed by atoms with Gasteiger partial charge in [0.1, 0.15) is 29.0 Å². The fourth-order valence-corrected chi connectivity index (χ4v) is 2.52. The van der Waals surface area contributed by atoms with E-state index in [4.69, 9.17) is 4.74 Å². The number of para-hydroxylation sites is 2. The Labute approximate surface area is 156 Å². The van der Waals surface area contributed by atoms with Gasteiger partial charge in [-0.3, -0.25) is 9.59 Å². The highest BCUT2D eigenvalue weighted by Gasteiger charge is 2.27. The molecule has 0 aliphatic heterocycles. The van der Waals surface area contributed by atoms with Crippen molar-refractivity contribution in [2.24, 2.45) is 5.92 Å². The van der Waals surface area contributed by atoms with Crippen molar-refractivity contribution in [1.29, 1.82) is 0 Å². The topological polar surface area (TPSA) is 67.4 Å². The van der Waals surface area contributed by atoms with Crippen molar-refractivity contribution in [3.8, 4) is 5.75 Å². The van der Waals surface area contributed by atoms with Crippen molar-refractivity contribution in [1.82, 2.24) is 5.32 Å². The molecule has 2 N–H and O–H groups in total. The highest BCUT2D eigenvalue weighted by Crippen LogP contribution is 2.24. The van der Waals surface area contributed by atoms with Gasteiger partial charge in [0.25, 0.3) is 5.91 Å². The molecule has 0 heterocycles. The average Bonchev–Trinajstić information content (AvgIpc) is 2.61. The van der Waals surface area contributed by atoms with E-state index in [9.17, 15) is 18.4 Å². The second-order valence-electron chi connectivity index (χ2n) is 6.21. The smallest absolute Gasteiger partial charge is 0.257 e. The van der Waals surface area contributed by atoms with E-state index in [1.54, 1.807) is 38.1 Å². The van der Waals surface area contributed by atoms with Gasteiger partial charge in [0.05, 0.1) is 12.3 Å². The van der Waals surface area contributed by atoms with Gasteiger partial charge in [-0.1, -0.05) is 32.0 Å². The molecule has 0 saturated heterocycles. The van der Waals surface area contributed by atoms with Crippen LogP contribution in [0.15, 0.2) is 42.5 Å². The molecule has 27 heavy (non-hydrogen) atoms. The second kappa shape index (κ2) is 9.12. The minimum absolute atomic E-state index is 0.317. The summed E-state index contributed by atoms with van der Waals surface area (Å²) in [7, 11) is 0. The Hall–Kier alpha value is -2.96. The van der Waals surface area contributed by atoms with E-state index in [0.29, 0.717) is 18.0 Å². The lowest BCUT2D eigenvalue weighted by Gasteiger charge is -2.22. The van der Waals surface area contributed by atoms with Gasteiger partial charge in [-0.05, 0) is 37.1 Å². The molecule has 2 amide bonds. The van der Waals surface area contributed by atoms with Gasteiger partial charge in [-0.15, -0.1) is 0 Å². The molecule has 0 aliphatic rings. The molecule has 0 bridgehead atoms. The molecular formula is C20H22F2N2O3. The zero-order chi connectivity index (χ0) is 20.0. The molecule has 0 unspecified atom stereocenters. The van der Waals surface area contributed by atoms with Crippen LogP contribution in [0.5, 0.6) is 5.75 Å². The molecule has 0 aromatic heterocycles. The summed E-state index contributed by atoms with van der Waals surface area (Å²) in [6.07, 6.45) is 0. The molecule has 0 radical (unpaired) electrons. The SMILES string of the molecule is CCOc1ccccc1NC(=O)[C@@H](NC(=O)c1c(F)cccc1F)C(C)C. The first-order chi connectivity index (χ1) is 12.8. The van der Waals surface area contributed by atoms with Crippen LogP contribution in [0.4, 0.5) is 14.5 Å². The zero-order valence-electron chi connectivity index (χ0n) is 15.4. The Morgan fingerprint density at radius 1 is 1.04 bits per heavy atom. The van der Waals surface area contributed by atoms with E-state index < -0.39 is 35.1 Å². The molecule has 0 aliphatic carbocycles. The largest absolute Gasteiger partial charge is 0.492 e. The van der Waals surface area contributed by atoms with Crippen LogP contribution in [0, 0.1) is 17.6 Å². The van der Waals surface area contributed by atoms with Gasteiger partial charge in [0, 0.05) is 0 Å². The number of hydrogen-bond donors (Lipinski definition) is 2. The van der Waals surface area contributed by atoms with Crippen LogP contribution in [0.2, 0.25) is 0 Å². The molecule has 2 rings (SSSR count). The minimum Gasteiger partial charge on any atom is -0.492 e. The van der Waals surface area contributed by atoms with Crippen molar-refractivity contribution < 1.29 is 23.1 Å². The average molecular weight is 376 g/mol. The Balaban J connectivity index is 2.20. The van der Waals surface area contributed by atoms with Crippen LogP contribution in [0.25, 0.3) is 0 Å². The number of halogens is 2. The van der Waals surface area contributed by atoms with E-state index in [1.165, 1.54) is 6.07 Å². The molecular weight excluding hydrogens is 354 g/mol. The first kappa shape index (κ1) is 20.4. The molecule has 5 nitrogen and oxygen atoms in total. The molecule has 0 saturated carbocycles. The predicted octanol–water partition coefficient (Wildman–Crippen LogP) is 3.76. The monoisotopic (exact) mass is 376 g/mol. The predicted molar refractivity (Wildman–Crippen MR) is 98.7 cm³/mol. The number of anilines is 1. The first-order valence-electron chi connectivity index (χ1n) is 8.62. The van der Waals surface area contributed by atoms with Crippen molar-refractivity contribution in [3.05, 3.63) is 59.7 Å². The van der Waals surface area contributed by atoms with E-state index in [0.717, 1.165) is 12.1 Å². The van der Waals surface area contributed by atoms with Gasteiger partial charge in [-0.2, -0.15) is 0 Å². The number of hydrogen-bond acceptors (Lipinski definition) is 3. The summed E-state index contributed by atoms with van der Waals surface area (Å²) in [5.41, 5.74) is -0.271. The Kier molecular flexibility index (Phi) is 6.87. The number of ether oxygens (including phenoxy) is 1. The lowest BCUT2D eigenvalue weighted by molar-refractivity contribution is -0.118. The number of rotatable bonds is 7. The summed E-state index contributed by atoms with van der Waals surface area (Å²) in [4.78, 5) is 25.0. The molecule has 1 atom stereocenters. The highest BCUT2D eigenvalue weighted by molar-refractivity contribution is 6.02. The maximum Gasteiger partial charge on any atom is 0.257 e. The summed E-state index contributed by atoms with van der Waals surface area (Å²) >= 11 is 0. The number of nitrogens with one attached hydrogen (secondary N) is 2. The molecule has 0 fully saturated rings. The Morgan fingerprint density at radius 3 is 2.26 bits per heavy atom. The summed E-state index contributed by atoms with van der Waals surface area (Å²) < 4.78 is 33.1. The first-order valence-corrected chi connectivity index (χ1v) is 8.62. The Morgan fingerprint density at radius 2 is 1.67 bits per heavy atom. The number of amides is 2. The van der Waals surface area contributed by atoms with E-state index >= 15 is 0 Å². The van der Waals surface area contributed by atoms with E-state index in [2.05, 4.69) is 10.6 Å². The van der Waals surface area contributed by atoms with Crippen molar-refractivity contribution in [2.75, 3.05) is 11.9 Å². The third-order valence-corrected chi connectivity index (χ3v) is 3.87. The van der Waals surface area contributed by atoms with E-state index in [-0.39, 0.29) is 5.92 Å². The molecule has 2 aromatic rings. The second-order valence-corrected chi connectivity index (χ2v) is 6.21. The van der Waals surface area contributed by atoms with Gasteiger partial charge in [0.15, 0.2) is 0 Å². The van der Waals surface area contributed by atoms with Crippen LogP contribution < -0.4 is 15.4 Å². The van der Waals surface area contributed by atoms with Crippen LogP contribution in [0.1, 0.15) is 31.1 Å². The molecule has 0 spiro atoms. The molecule has 2 aromatic carbocycles. The number of carbonyl (C=O) groups is 2.